The van der Waals surface area contributed by atoms with Gasteiger partial charge in [-0.3, -0.25) is 4.48 Å². The number of aryl methyl sites for hydroxylation is 1. The van der Waals surface area contributed by atoms with Crippen molar-refractivity contribution in [2.45, 2.75) is 45.1 Å². The highest BCUT2D eigenvalue weighted by Crippen LogP contribution is 2.41. The zero-order valence-corrected chi connectivity index (χ0v) is 18.1. The van der Waals surface area contributed by atoms with Crippen molar-refractivity contribution in [3.8, 4) is 0 Å². The van der Waals surface area contributed by atoms with E-state index in [0.717, 1.165) is 42.9 Å². The Morgan fingerprint density at radius 2 is 1.96 bits per heavy atom. The fraction of sp³-hybridized carbons (Fsp3) is 0.632. The second-order valence-electron chi connectivity index (χ2n) is 7.53. The number of rotatable bonds is 5. The van der Waals surface area contributed by atoms with Crippen molar-refractivity contribution in [1.29, 1.82) is 0 Å². The third-order valence-corrected chi connectivity index (χ3v) is 6.65. The van der Waals surface area contributed by atoms with Crippen LogP contribution in [0.5, 0.6) is 0 Å². The minimum atomic E-state index is 0. The van der Waals surface area contributed by atoms with Crippen molar-refractivity contribution in [2.75, 3.05) is 26.8 Å². The van der Waals surface area contributed by atoms with Crippen molar-refractivity contribution in [2.24, 2.45) is 5.92 Å². The summed E-state index contributed by atoms with van der Waals surface area (Å²) < 4.78 is 10.0. The molecule has 138 valence electrons. The summed E-state index contributed by atoms with van der Waals surface area (Å²) in [6.07, 6.45) is 6.11. The van der Waals surface area contributed by atoms with Crippen molar-refractivity contribution < 1.29 is 4.74 Å². The van der Waals surface area contributed by atoms with Gasteiger partial charge in [0.1, 0.15) is 14.9 Å². The Morgan fingerprint density at radius 3 is 2.60 bits per heavy atom. The van der Waals surface area contributed by atoms with Gasteiger partial charge in [-0.2, -0.15) is 5.10 Å². The SMILES string of the molecule is CCc1nn2c(I)cccc2c1[N+](C)(CC1CC1)C1CCOCC1.Cl. The topological polar surface area (TPSA) is 26.5 Å². The van der Waals surface area contributed by atoms with Crippen molar-refractivity contribution >= 4 is 46.2 Å². The lowest BCUT2D eigenvalue weighted by molar-refractivity contribution is 0.0436. The maximum Gasteiger partial charge on any atom is 0.182 e. The van der Waals surface area contributed by atoms with Crippen LogP contribution in [0.25, 0.3) is 5.52 Å². The first-order valence-electron chi connectivity index (χ1n) is 9.23. The third-order valence-electron chi connectivity index (χ3n) is 5.83. The molecule has 0 aromatic carbocycles. The van der Waals surface area contributed by atoms with Crippen LogP contribution in [0, 0.1) is 9.62 Å². The molecule has 1 saturated carbocycles. The lowest BCUT2D eigenvalue weighted by atomic mass is 10.0. The number of nitrogens with zero attached hydrogens (tertiary/aromatic N) is 3. The van der Waals surface area contributed by atoms with Gasteiger partial charge in [0.05, 0.1) is 32.8 Å². The first-order chi connectivity index (χ1) is 11.6. The van der Waals surface area contributed by atoms with E-state index in [1.807, 2.05) is 0 Å². The minimum Gasteiger partial charge on any atom is -0.381 e. The Hall–Kier alpha value is -0.370. The highest BCUT2D eigenvalue weighted by molar-refractivity contribution is 14.1. The normalized spacial score (nSPS) is 21.1. The Bertz CT molecular complexity index is 740. The standard InChI is InChI=1S/C19H27IN3O.ClH/c1-3-16-19(17-5-4-6-18(20)22(17)21-16)23(2,13-14-7-8-14)15-9-11-24-12-10-15;/h4-6,14-15H,3,7-13H2,1-2H3;1H/q+1;. The molecule has 2 aromatic rings. The maximum absolute atomic E-state index is 5.66. The summed E-state index contributed by atoms with van der Waals surface area (Å²) in [6.45, 7) is 5.30. The molecule has 1 saturated heterocycles. The molecule has 0 bridgehead atoms. The molecule has 2 aliphatic rings. The maximum atomic E-state index is 5.66. The number of ether oxygens (including phenoxy) is 1. The molecule has 4 rings (SSSR count). The third kappa shape index (κ3) is 3.57. The van der Waals surface area contributed by atoms with Crippen LogP contribution < -0.4 is 4.48 Å². The molecule has 4 nitrogen and oxygen atoms in total. The van der Waals surface area contributed by atoms with Gasteiger partial charge in [-0.1, -0.05) is 13.0 Å². The predicted octanol–water partition coefficient (Wildman–Crippen LogP) is 4.45. The molecule has 0 N–H and O–H groups in total. The number of pyridine rings is 1. The molecule has 0 spiro atoms. The highest BCUT2D eigenvalue weighted by atomic mass is 127. The zero-order valence-electron chi connectivity index (χ0n) is 15.1. The van der Waals surface area contributed by atoms with E-state index in [2.05, 4.69) is 59.3 Å². The van der Waals surface area contributed by atoms with E-state index < -0.39 is 0 Å². The number of quaternary nitrogens is 1. The number of hydrogen-bond donors (Lipinski definition) is 0. The Morgan fingerprint density at radius 1 is 1.24 bits per heavy atom. The predicted molar refractivity (Wildman–Crippen MR) is 114 cm³/mol. The van der Waals surface area contributed by atoms with Gasteiger partial charge in [-0.05, 0) is 54.0 Å². The van der Waals surface area contributed by atoms with Gasteiger partial charge in [0, 0.05) is 18.8 Å². The van der Waals surface area contributed by atoms with Gasteiger partial charge < -0.3 is 4.74 Å². The number of halogens is 2. The Kier molecular flexibility index (Phi) is 5.98. The summed E-state index contributed by atoms with van der Waals surface area (Å²) in [5.41, 5.74) is 4.04. The molecular formula is C19H28ClIN3O+. The summed E-state index contributed by atoms with van der Waals surface area (Å²) >= 11 is 2.40. The average Bonchev–Trinajstić information content (AvgIpc) is 3.32. The smallest absolute Gasteiger partial charge is 0.182 e. The monoisotopic (exact) mass is 476 g/mol. The first kappa shape index (κ1) is 19.4. The quantitative estimate of drug-likeness (QED) is 0.362. The highest BCUT2D eigenvalue weighted by Gasteiger charge is 2.44. The molecule has 1 atom stereocenters. The van der Waals surface area contributed by atoms with Gasteiger partial charge in [-0.25, -0.2) is 4.52 Å². The summed E-state index contributed by atoms with van der Waals surface area (Å²) in [7, 11) is 2.46. The van der Waals surface area contributed by atoms with Crippen molar-refractivity contribution in [1.82, 2.24) is 14.1 Å². The molecule has 0 radical (unpaired) electrons. The van der Waals surface area contributed by atoms with Crippen LogP contribution in [-0.4, -0.2) is 42.5 Å². The number of hydrogen-bond acceptors (Lipinski definition) is 2. The molecule has 25 heavy (non-hydrogen) atoms. The van der Waals surface area contributed by atoms with Gasteiger partial charge in [0.2, 0.25) is 0 Å². The van der Waals surface area contributed by atoms with Crippen LogP contribution in [0.15, 0.2) is 18.2 Å². The Balaban J connectivity index is 0.00000182. The van der Waals surface area contributed by atoms with Crippen LogP contribution in [-0.2, 0) is 11.2 Å². The minimum absolute atomic E-state index is 0. The van der Waals surface area contributed by atoms with Crippen molar-refractivity contribution in [3.05, 3.63) is 27.6 Å². The lowest BCUT2D eigenvalue weighted by Crippen LogP contribution is -2.57. The zero-order chi connectivity index (χ0) is 16.7. The van der Waals surface area contributed by atoms with Crippen LogP contribution >= 0.6 is 35.0 Å². The second kappa shape index (κ2) is 7.71. The van der Waals surface area contributed by atoms with Crippen LogP contribution in [0.2, 0.25) is 0 Å². The van der Waals surface area contributed by atoms with Crippen LogP contribution in [0.4, 0.5) is 5.69 Å². The second-order valence-corrected chi connectivity index (χ2v) is 8.64. The first-order valence-corrected chi connectivity index (χ1v) is 10.3. The molecule has 2 fully saturated rings. The molecule has 1 unspecified atom stereocenters. The van der Waals surface area contributed by atoms with Crippen molar-refractivity contribution in [3.63, 3.8) is 0 Å². The van der Waals surface area contributed by atoms with Gasteiger partial charge in [-0.15, -0.1) is 12.4 Å². The summed E-state index contributed by atoms with van der Waals surface area (Å²) in [4.78, 5) is 0. The van der Waals surface area contributed by atoms with E-state index in [1.54, 1.807) is 0 Å². The molecule has 0 amide bonds. The summed E-state index contributed by atoms with van der Waals surface area (Å²) in [5.74, 6) is 0.889. The van der Waals surface area contributed by atoms with Gasteiger partial charge >= 0.3 is 0 Å². The number of aromatic nitrogens is 2. The van der Waals surface area contributed by atoms with Crippen LogP contribution in [0.1, 0.15) is 38.3 Å². The molecule has 1 aliphatic carbocycles. The number of fused-ring (bicyclic) bond motifs is 1. The fourth-order valence-corrected chi connectivity index (χ4v) is 4.96. The van der Waals surface area contributed by atoms with E-state index in [0.29, 0.717) is 6.04 Å². The summed E-state index contributed by atoms with van der Waals surface area (Å²) in [5, 5.41) is 4.98. The van der Waals surface area contributed by atoms with E-state index >= 15 is 0 Å². The van der Waals surface area contributed by atoms with Crippen LogP contribution in [0.3, 0.4) is 0 Å². The molecule has 6 heteroatoms. The molecular weight excluding hydrogens is 449 g/mol. The van der Waals surface area contributed by atoms with Gasteiger partial charge in [0.25, 0.3) is 0 Å². The molecule has 1 aliphatic heterocycles. The fourth-order valence-electron chi connectivity index (χ4n) is 4.38. The Labute approximate surface area is 170 Å². The molecule has 3 heterocycles. The van der Waals surface area contributed by atoms with Gasteiger partial charge in [0.15, 0.2) is 5.69 Å². The average molecular weight is 477 g/mol. The largest absolute Gasteiger partial charge is 0.381 e. The lowest BCUT2D eigenvalue weighted by Gasteiger charge is -2.43. The van der Waals surface area contributed by atoms with E-state index in [1.165, 1.54) is 40.0 Å². The van der Waals surface area contributed by atoms with E-state index in [4.69, 9.17) is 9.84 Å². The molecule has 2 aromatic heterocycles. The summed E-state index contributed by atoms with van der Waals surface area (Å²) in [6, 6.07) is 7.22. The van der Waals surface area contributed by atoms with E-state index in [9.17, 15) is 0 Å². The van der Waals surface area contributed by atoms with E-state index in [-0.39, 0.29) is 12.4 Å².